The number of hydrogen-bond donors (Lipinski definition) is 1. The summed E-state index contributed by atoms with van der Waals surface area (Å²) in [6.07, 6.45) is 5.18. The molecule has 0 radical (unpaired) electrons. The highest BCUT2D eigenvalue weighted by Crippen LogP contribution is 2.30. The summed E-state index contributed by atoms with van der Waals surface area (Å²) in [5, 5.41) is 0. The Hall–Kier alpha value is -0.300. The van der Waals surface area contributed by atoms with E-state index in [2.05, 4.69) is 21.9 Å². The van der Waals surface area contributed by atoms with Gasteiger partial charge < -0.3 is 5.73 Å². The standard InChI is InChI=1S/C8H8BrNS/c1-3-6(10)7-4-5(2)8(9)11-7/h1,4,6H,10H2,2H3. The lowest BCUT2D eigenvalue weighted by Crippen LogP contribution is -2.04. The van der Waals surface area contributed by atoms with Crippen molar-refractivity contribution in [3.63, 3.8) is 0 Å². The van der Waals surface area contributed by atoms with Gasteiger partial charge in [-0.1, -0.05) is 5.92 Å². The van der Waals surface area contributed by atoms with Crippen LogP contribution in [0.5, 0.6) is 0 Å². The lowest BCUT2D eigenvalue weighted by Gasteiger charge is -1.96. The first-order chi connectivity index (χ1) is 5.15. The lowest BCUT2D eigenvalue weighted by molar-refractivity contribution is 0.973. The molecule has 0 aliphatic carbocycles. The largest absolute Gasteiger partial charge is 0.313 e. The summed E-state index contributed by atoms with van der Waals surface area (Å²) in [5.74, 6) is 2.49. The molecule has 1 rings (SSSR count). The second-order valence-electron chi connectivity index (χ2n) is 2.25. The van der Waals surface area contributed by atoms with Gasteiger partial charge in [-0.15, -0.1) is 17.8 Å². The number of rotatable bonds is 1. The molecule has 1 aromatic rings. The van der Waals surface area contributed by atoms with E-state index in [0.29, 0.717) is 0 Å². The molecule has 0 aliphatic rings. The van der Waals surface area contributed by atoms with Crippen LogP contribution in [0.1, 0.15) is 16.5 Å². The van der Waals surface area contributed by atoms with Crippen LogP contribution in [0.2, 0.25) is 0 Å². The van der Waals surface area contributed by atoms with Gasteiger partial charge in [-0.2, -0.15) is 0 Å². The van der Waals surface area contributed by atoms with Crippen molar-refractivity contribution in [2.45, 2.75) is 13.0 Å². The summed E-state index contributed by atoms with van der Waals surface area (Å²) in [7, 11) is 0. The Morgan fingerprint density at radius 2 is 2.45 bits per heavy atom. The van der Waals surface area contributed by atoms with Gasteiger partial charge in [0.25, 0.3) is 0 Å². The molecule has 0 saturated heterocycles. The summed E-state index contributed by atoms with van der Waals surface area (Å²) >= 11 is 5.00. The number of terminal acetylenes is 1. The van der Waals surface area contributed by atoms with Crippen molar-refractivity contribution in [2.75, 3.05) is 0 Å². The molecular weight excluding hydrogens is 222 g/mol. The van der Waals surface area contributed by atoms with Crippen molar-refractivity contribution in [3.05, 3.63) is 20.3 Å². The molecule has 2 N–H and O–H groups in total. The second-order valence-corrected chi connectivity index (χ2v) is 4.65. The van der Waals surface area contributed by atoms with E-state index in [1.165, 1.54) is 5.56 Å². The van der Waals surface area contributed by atoms with E-state index < -0.39 is 0 Å². The molecule has 0 amide bonds. The minimum absolute atomic E-state index is 0.259. The first-order valence-electron chi connectivity index (χ1n) is 3.12. The van der Waals surface area contributed by atoms with E-state index >= 15 is 0 Å². The lowest BCUT2D eigenvalue weighted by atomic mass is 10.2. The van der Waals surface area contributed by atoms with Crippen molar-refractivity contribution in [3.8, 4) is 12.3 Å². The second kappa shape index (κ2) is 3.40. The molecule has 0 aromatic carbocycles. The first kappa shape index (κ1) is 8.79. The maximum absolute atomic E-state index is 5.63. The number of hydrogen-bond acceptors (Lipinski definition) is 2. The predicted octanol–water partition coefficient (Wildman–Crippen LogP) is 2.45. The molecule has 0 saturated carbocycles. The Bertz CT molecular complexity index is 278. The van der Waals surface area contributed by atoms with Crippen LogP contribution in [0, 0.1) is 19.3 Å². The van der Waals surface area contributed by atoms with Crippen molar-refractivity contribution in [1.29, 1.82) is 0 Å². The molecule has 0 spiro atoms. The molecule has 11 heavy (non-hydrogen) atoms. The summed E-state index contributed by atoms with van der Waals surface area (Å²) in [6, 6.07) is 1.75. The van der Waals surface area contributed by atoms with Crippen LogP contribution < -0.4 is 5.73 Å². The van der Waals surface area contributed by atoms with E-state index in [4.69, 9.17) is 12.2 Å². The van der Waals surface area contributed by atoms with Crippen molar-refractivity contribution in [2.24, 2.45) is 5.73 Å². The summed E-state index contributed by atoms with van der Waals surface area (Å²) in [4.78, 5) is 1.04. The van der Waals surface area contributed by atoms with Crippen molar-refractivity contribution in [1.82, 2.24) is 0 Å². The Kier molecular flexibility index (Phi) is 2.72. The van der Waals surface area contributed by atoms with E-state index in [1.54, 1.807) is 11.3 Å². The molecule has 0 aliphatic heterocycles. The van der Waals surface area contributed by atoms with Gasteiger partial charge in [-0.3, -0.25) is 0 Å². The molecule has 1 aromatic heterocycles. The molecule has 1 heterocycles. The van der Waals surface area contributed by atoms with Gasteiger partial charge in [0.15, 0.2) is 0 Å². The van der Waals surface area contributed by atoms with Crippen LogP contribution in [-0.4, -0.2) is 0 Å². The van der Waals surface area contributed by atoms with Gasteiger partial charge in [0.2, 0.25) is 0 Å². The Labute approximate surface area is 78.7 Å². The van der Waals surface area contributed by atoms with Crippen molar-refractivity contribution >= 4 is 27.3 Å². The predicted molar refractivity (Wildman–Crippen MR) is 52.5 cm³/mol. The fraction of sp³-hybridized carbons (Fsp3) is 0.250. The third kappa shape index (κ3) is 1.84. The van der Waals surface area contributed by atoms with Crippen LogP contribution in [0.3, 0.4) is 0 Å². The molecule has 3 heteroatoms. The van der Waals surface area contributed by atoms with Gasteiger partial charge >= 0.3 is 0 Å². The third-order valence-corrected chi connectivity index (χ3v) is 3.58. The van der Waals surface area contributed by atoms with Gasteiger partial charge in [-0.25, -0.2) is 0 Å². The van der Waals surface area contributed by atoms with E-state index in [1.807, 2.05) is 13.0 Å². The minimum Gasteiger partial charge on any atom is -0.313 e. The monoisotopic (exact) mass is 229 g/mol. The number of halogens is 1. The normalized spacial score (nSPS) is 12.5. The SMILES string of the molecule is C#CC(N)c1cc(C)c(Br)s1. The molecule has 1 atom stereocenters. The number of aryl methyl sites for hydroxylation is 1. The van der Waals surface area contributed by atoms with Gasteiger partial charge in [0.1, 0.15) is 6.04 Å². The van der Waals surface area contributed by atoms with E-state index in [0.717, 1.165) is 8.66 Å². The molecule has 58 valence electrons. The first-order valence-corrected chi connectivity index (χ1v) is 4.73. The van der Waals surface area contributed by atoms with Gasteiger partial charge in [0.05, 0.1) is 3.79 Å². The average molecular weight is 230 g/mol. The quantitative estimate of drug-likeness (QED) is 0.737. The molecule has 1 unspecified atom stereocenters. The summed E-state index contributed by atoms with van der Waals surface area (Å²) < 4.78 is 1.11. The van der Waals surface area contributed by atoms with E-state index in [9.17, 15) is 0 Å². The number of nitrogens with two attached hydrogens (primary N) is 1. The Morgan fingerprint density at radius 3 is 2.82 bits per heavy atom. The average Bonchev–Trinajstić information content (AvgIpc) is 2.31. The van der Waals surface area contributed by atoms with Crippen LogP contribution in [0.4, 0.5) is 0 Å². The molecular formula is C8H8BrNS. The summed E-state index contributed by atoms with van der Waals surface area (Å²) in [6.45, 7) is 2.02. The highest BCUT2D eigenvalue weighted by molar-refractivity contribution is 9.11. The third-order valence-electron chi connectivity index (χ3n) is 1.36. The summed E-state index contributed by atoms with van der Waals surface area (Å²) in [5.41, 5.74) is 6.82. The highest BCUT2D eigenvalue weighted by atomic mass is 79.9. The molecule has 1 nitrogen and oxygen atoms in total. The Morgan fingerprint density at radius 1 is 1.82 bits per heavy atom. The van der Waals surface area contributed by atoms with Gasteiger partial charge in [-0.05, 0) is 34.5 Å². The highest BCUT2D eigenvalue weighted by Gasteiger charge is 2.07. The molecule has 0 bridgehead atoms. The van der Waals surface area contributed by atoms with Crippen molar-refractivity contribution < 1.29 is 0 Å². The zero-order valence-corrected chi connectivity index (χ0v) is 8.50. The van der Waals surface area contributed by atoms with Crippen LogP contribution in [-0.2, 0) is 0 Å². The number of thiophene rings is 1. The minimum atomic E-state index is -0.259. The fourth-order valence-electron chi connectivity index (χ4n) is 0.719. The Balaban J connectivity index is 2.99. The fourth-order valence-corrected chi connectivity index (χ4v) is 2.25. The smallest absolute Gasteiger partial charge is 0.101 e. The van der Waals surface area contributed by atoms with Crippen LogP contribution >= 0.6 is 27.3 Å². The zero-order chi connectivity index (χ0) is 8.43. The van der Waals surface area contributed by atoms with E-state index in [-0.39, 0.29) is 6.04 Å². The zero-order valence-electron chi connectivity index (χ0n) is 6.10. The molecule has 0 fully saturated rings. The van der Waals surface area contributed by atoms with Crippen LogP contribution in [0.15, 0.2) is 9.85 Å². The van der Waals surface area contributed by atoms with Gasteiger partial charge in [0, 0.05) is 4.88 Å². The topological polar surface area (TPSA) is 26.0 Å². The maximum atomic E-state index is 5.63. The maximum Gasteiger partial charge on any atom is 0.101 e. The van der Waals surface area contributed by atoms with Crippen LogP contribution in [0.25, 0.3) is 0 Å².